The highest BCUT2D eigenvalue weighted by atomic mass is 16.5. The van der Waals surface area contributed by atoms with Crippen molar-refractivity contribution in [3.05, 3.63) is 0 Å². The molecule has 1 saturated heterocycles. The third-order valence-corrected chi connectivity index (χ3v) is 2.66. The zero-order valence-corrected chi connectivity index (χ0v) is 9.41. The predicted molar refractivity (Wildman–Crippen MR) is 57.4 cm³/mol. The molecule has 1 aliphatic heterocycles. The van der Waals surface area contributed by atoms with Gasteiger partial charge < -0.3 is 14.7 Å². The van der Waals surface area contributed by atoms with E-state index in [4.69, 9.17) is 4.74 Å². The predicted octanol–water partition coefficient (Wildman–Crippen LogP) is 1.26. The molecule has 0 bridgehead atoms. The van der Waals surface area contributed by atoms with Crippen LogP contribution in [0.2, 0.25) is 0 Å². The zero-order chi connectivity index (χ0) is 10.4. The number of aliphatic hydroxyl groups excluding tert-OH is 1. The molecule has 1 fully saturated rings. The first kappa shape index (κ1) is 12.0. The fourth-order valence-corrected chi connectivity index (χ4v) is 1.97. The van der Waals surface area contributed by atoms with Crippen LogP contribution in [0.1, 0.15) is 32.1 Å². The fourth-order valence-electron chi connectivity index (χ4n) is 1.97. The van der Waals surface area contributed by atoms with Crippen LogP contribution in [0.3, 0.4) is 0 Å². The van der Waals surface area contributed by atoms with Crippen molar-refractivity contribution in [1.82, 2.24) is 4.90 Å². The van der Waals surface area contributed by atoms with Gasteiger partial charge in [0.05, 0.1) is 12.2 Å². The van der Waals surface area contributed by atoms with Crippen molar-refractivity contribution < 1.29 is 9.84 Å². The van der Waals surface area contributed by atoms with Crippen molar-refractivity contribution in [2.45, 2.75) is 44.3 Å². The van der Waals surface area contributed by atoms with Gasteiger partial charge in [0.2, 0.25) is 0 Å². The summed E-state index contributed by atoms with van der Waals surface area (Å²) in [4.78, 5) is 2.02. The minimum atomic E-state index is -0.175. The van der Waals surface area contributed by atoms with Gasteiger partial charge >= 0.3 is 0 Å². The van der Waals surface area contributed by atoms with E-state index in [0.717, 1.165) is 32.4 Å². The highest BCUT2D eigenvalue weighted by molar-refractivity contribution is 4.66. The Kier molecular flexibility index (Phi) is 5.45. The number of nitrogens with zero attached hydrogens (tertiary/aromatic N) is 1. The van der Waals surface area contributed by atoms with Gasteiger partial charge in [0.1, 0.15) is 0 Å². The number of ether oxygens (including phenoxy) is 1. The standard InChI is InChI=1S/C11H23NO2/c1-12(2)9-10(13)5-3-6-11-7-4-8-14-11/h10-11,13H,3-9H2,1-2H3. The lowest BCUT2D eigenvalue weighted by atomic mass is 10.1. The molecule has 0 amide bonds. The molecule has 0 aromatic carbocycles. The summed E-state index contributed by atoms with van der Waals surface area (Å²) in [6.45, 7) is 1.70. The average Bonchev–Trinajstić information content (AvgIpc) is 2.55. The van der Waals surface area contributed by atoms with E-state index in [9.17, 15) is 5.11 Å². The second kappa shape index (κ2) is 6.38. The number of rotatable bonds is 6. The van der Waals surface area contributed by atoms with E-state index in [-0.39, 0.29) is 6.10 Å². The molecule has 0 aromatic rings. The van der Waals surface area contributed by atoms with E-state index in [1.165, 1.54) is 12.8 Å². The Hall–Kier alpha value is -0.120. The Morgan fingerprint density at radius 2 is 2.29 bits per heavy atom. The minimum Gasteiger partial charge on any atom is -0.392 e. The fraction of sp³-hybridized carbons (Fsp3) is 1.00. The maximum atomic E-state index is 9.61. The van der Waals surface area contributed by atoms with Gasteiger partial charge in [-0.2, -0.15) is 0 Å². The molecule has 1 rings (SSSR count). The molecule has 3 heteroatoms. The van der Waals surface area contributed by atoms with Crippen LogP contribution in [0.4, 0.5) is 0 Å². The summed E-state index contributed by atoms with van der Waals surface area (Å²) in [6.07, 6.45) is 5.82. The van der Waals surface area contributed by atoms with Crippen molar-refractivity contribution in [2.24, 2.45) is 0 Å². The highest BCUT2D eigenvalue weighted by Gasteiger charge is 2.15. The Balaban J connectivity index is 1.96. The normalized spacial score (nSPS) is 24.4. The molecule has 0 spiro atoms. The molecule has 1 N–H and O–H groups in total. The number of aliphatic hydroxyl groups is 1. The van der Waals surface area contributed by atoms with Crippen LogP contribution in [-0.4, -0.2) is 49.5 Å². The first-order valence-electron chi connectivity index (χ1n) is 5.63. The van der Waals surface area contributed by atoms with Crippen LogP contribution in [0, 0.1) is 0 Å². The molecule has 0 saturated carbocycles. The van der Waals surface area contributed by atoms with E-state index < -0.39 is 0 Å². The topological polar surface area (TPSA) is 32.7 Å². The molecule has 0 radical (unpaired) electrons. The van der Waals surface area contributed by atoms with Gasteiger partial charge in [-0.3, -0.25) is 0 Å². The molecule has 14 heavy (non-hydrogen) atoms. The summed E-state index contributed by atoms with van der Waals surface area (Å²) >= 11 is 0. The maximum Gasteiger partial charge on any atom is 0.0666 e. The summed E-state index contributed by atoms with van der Waals surface area (Å²) in [5.41, 5.74) is 0. The minimum absolute atomic E-state index is 0.175. The second-order valence-corrected chi connectivity index (χ2v) is 4.48. The van der Waals surface area contributed by atoms with E-state index in [2.05, 4.69) is 0 Å². The van der Waals surface area contributed by atoms with Crippen LogP contribution in [0.5, 0.6) is 0 Å². The summed E-state index contributed by atoms with van der Waals surface area (Å²) in [5, 5.41) is 9.61. The molecular weight excluding hydrogens is 178 g/mol. The molecule has 0 aliphatic carbocycles. The van der Waals surface area contributed by atoms with Gasteiger partial charge in [0.15, 0.2) is 0 Å². The van der Waals surface area contributed by atoms with Crippen LogP contribution in [0.15, 0.2) is 0 Å². The quantitative estimate of drug-likeness (QED) is 0.702. The molecule has 2 unspecified atom stereocenters. The van der Waals surface area contributed by atoms with Gasteiger partial charge in [-0.25, -0.2) is 0 Å². The summed E-state index contributed by atoms with van der Waals surface area (Å²) in [7, 11) is 3.98. The second-order valence-electron chi connectivity index (χ2n) is 4.48. The van der Waals surface area contributed by atoms with E-state index in [1.807, 2.05) is 19.0 Å². The van der Waals surface area contributed by atoms with Crippen LogP contribution < -0.4 is 0 Å². The van der Waals surface area contributed by atoms with Gasteiger partial charge in [-0.05, 0) is 46.2 Å². The maximum absolute atomic E-state index is 9.61. The first-order valence-corrected chi connectivity index (χ1v) is 5.63. The van der Waals surface area contributed by atoms with Crippen LogP contribution in [0.25, 0.3) is 0 Å². The highest BCUT2D eigenvalue weighted by Crippen LogP contribution is 2.18. The summed E-state index contributed by atoms with van der Waals surface area (Å²) in [6, 6.07) is 0. The molecule has 1 aliphatic rings. The molecule has 2 atom stereocenters. The van der Waals surface area contributed by atoms with Crippen LogP contribution in [-0.2, 0) is 4.74 Å². The zero-order valence-electron chi connectivity index (χ0n) is 9.41. The van der Waals surface area contributed by atoms with Crippen molar-refractivity contribution in [1.29, 1.82) is 0 Å². The van der Waals surface area contributed by atoms with Crippen molar-refractivity contribution >= 4 is 0 Å². The van der Waals surface area contributed by atoms with Crippen molar-refractivity contribution in [3.63, 3.8) is 0 Å². The summed E-state index contributed by atoms with van der Waals surface area (Å²) < 4.78 is 5.52. The van der Waals surface area contributed by atoms with E-state index >= 15 is 0 Å². The van der Waals surface area contributed by atoms with Crippen molar-refractivity contribution in [3.8, 4) is 0 Å². The largest absolute Gasteiger partial charge is 0.392 e. The molecule has 1 heterocycles. The third kappa shape index (κ3) is 4.94. The van der Waals surface area contributed by atoms with Gasteiger partial charge in [-0.1, -0.05) is 0 Å². The Morgan fingerprint density at radius 1 is 1.50 bits per heavy atom. The van der Waals surface area contributed by atoms with E-state index in [1.54, 1.807) is 0 Å². The van der Waals surface area contributed by atoms with Crippen molar-refractivity contribution in [2.75, 3.05) is 27.2 Å². The average molecular weight is 201 g/mol. The lowest BCUT2D eigenvalue weighted by molar-refractivity contribution is 0.0891. The lowest BCUT2D eigenvalue weighted by Gasteiger charge is -2.16. The van der Waals surface area contributed by atoms with Gasteiger partial charge in [0, 0.05) is 13.2 Å². The molecule has 84 valence electrons. The Morgan fingerprint density at radius 3 is 2.86 bits per heavy atom. The number of likely N-dealkylation sites (N-methyl/N-ethyl adjacent to an activating group) is 1. The first-order chi connectivity index (χ1) is 6.68. The number of hydrogen-bond donors (Lipinski definition) is 1. The number of hydrogen-bond acceptors (Lipinski definition) is 3. The SMILES string of the molecule is CN(C)CC(O)CCCC1CCCO1. The van der Waals surface area contributed by atoms with Crippen LogP contribution >= 0.6 is 0 Å². The lowest BCUT2D eigenvalue weighted by Crippen LogP contribution is -2.25. The van der Waals surface area contributed by atoms with Gasteiger partial charge in [-0.15, -0.1) is 0 Å². The summed E-state index contributed by atoms with van der Waals surface area (Å²) in [5.74, 6) is 0. The Bertz CT molecular complexity index is 144. The third-order valence-electron chi connectivity index (χ3n) is 2.66. The smallest absolute Gasteiger partial charge is 0.0666 e. The molecular formula is C11H23NO2. The van der Waals surface area contributed by atoms with E-state index in [0.29, 0.717) is 6.10 Å². The molecule has 0 aromatic heterocycles. The monoisotopic (exact) mass is 201 g/mol. The van der Waals surface area contributed by atoms with Gasteiger partial charge in [0.25, 0.3) is 0 Å². The Labute approximate surface area is 87.1 Å². The molecule has 3 nitrogen and oxygen atoms in total.